The van der Waals surface area contributed by atoms with Gasteiger partial charge in [0.15, 0.2) is 6.10 Å². The van der Waals surface area contributed by atoms with Crippen LogP contribution in [0, 0.1) is 0 Å². The molecule has 0 saturated heterocycles. The first-order valence-electron chi connectivity index (χ1n) is 5.52. The highest BCUT2D eigenvalue weighted by molar-refractivity contribution is 5.80. The van der Waals surface area contributed by atoms with Gasteiger partial charge in [-0.2, -0.15) is 0 Å². The van der Waals surface area contributed by atoms with E-state index in [0.29, 0.717) is 12.2 Å². The van der Waals surface area contributed by atoms with Crippen LogP contribution >= 0.6 is 0 Å². The molecule has 0 heterocycles. The van der Waals surface area contributed by atoms with E-state index in [0.717, 1.165) is 12.2 Å². The molecule has 0 bridgehead atoms. The van der Waals surface area contributed by atoms with E-state index in [4.69, 9.17) is 15.3 Å². The van der Waals surface area contributed by atoms with Crippen molar-refractivity contribution in [3.8, 4) is 11.5 Å². The van der Waals surface area contributed by atoms with E-state index in [1.165, 1.54) is 0 Å². The number of carbonyl (C=O) groups excluding carboxylic acids is 1. The summed E-state index contributed by atoms with van der Waals surface area (Å²) in [5, 5.41) is 0. The van der Waals surface area contributed by atoms with Crippen molar-refractivity contribution in [2.24, 2.45) is 5.84 Å². The second-order valence-corrected chi connectivity index (χ2v) is 3.58. The summed E-state index contributed by atoms with van der Waals surface area (Å²) in [5.41, 5.74) is 2.10. The van der Waals surface area contributed by atoms with Crippen LogP contribution in [0.5, 0.6) is 11.5 Å². The summed E-state index contributed by atoms with van der Waals surface area (Å²) in [5.74, 6) is 6.15. The van der Waals surface area contributed by atoms with E-state index >= 15 is 0 Å². The van der Waals surface area contributed by atoms with Crippen molar-refractivity contribution in [2.45, 2.75) is 25.9 Å². The first-order chi connectivity index (χ1) is 8.21. The summed E-state index contributed by atoms with van der Waals surface area (Å²) in [4.78, 5) is 11.4. The Hall–Kier alpha value is -1.75. The van der Waals surface area contributed by atoms with Crippen LogP contribution in [0.3, 0.4) is 0 Å². The molecule has 0 aliphatic rings. The Balaban J connectivity index is 2.68. The van der Waals surface area contributed by atoms with Crippen molar-refractivity contribution in [1.29, 1.82) is 0 Å². The second kappa shape index (κ2) is 6.75. The maximum Gasteiger partial charge on any atom is 0.274 e. The molecular formula is C12H18N2O3. The zero-order valence-corrected chi connectivity index (χ0v) is 10.1. The van der Waals surface area contributed by atoms with E-state index in [2.05, 4.69) is 5.43 Å². The fourth-order valence-electron chi connectivity index (χ4n) is 1.42. The molecule has 1 amide bonds. The van der Waals surface area contributed by atoms with Crippen molar-refractivity contribution >= 4 is 5.91 Å². The molecule has 17 heavy (non-hydrogen) atoms. The first kappa shape index (κ1) is 13.3. The Morgan fingerprint density at radius 2 is 1.94 bits per heavy atom. The topological polar surface area (TPSA) is 73.6 Å². The van der Waals surface area contributed by atoms with Crippen molar-refractivity contribution in [3.63, 3.8) is 0 Å². The summed E-state index contributed by atoms with van der Waals surface area (Å²) < 4.78 is 10.6. The van der Waals surface area contributed by atoms with Crippen molar-refractivity contribution < 1.29 is 14.3 Å². The third-order valence-electron chi connectivity index (χ3n) is 2.32. The largest absolute Gasteiger partial charge is 0.497 e. The quantitative estimate of drug-likeness (QED) is 0.444. The van der Waals surface area contributed by atoms with Crippen molar-refractivity contribution in [1.82, 2.24) is 5.43 Å². The van der Waals surface area contributed by atoms with E-state index in [1.807, 2.05) is 6.92 Å². The number of amides is 1. The molecule has 5 nitrogen and oxygen atoms in total. The van der Waals surface area contributed by atoms with E-state index in [9.17, 15) is 4.79 Å². The lowest BCUT2D eigenvalue weighted by Crippen LogP contribution is -2.42. The van der Waals surface area contributed by atoms with Gasteiger partial charge in [0.1, 0.15) is 11.5 Å². The number of ether oxygens (including phenoxy) is 2. The van der Waals surface area contributed by atoms with Crippen LogP contribution in [0.2, 0.25) is 0 Å². The molecule has 0 saturated carbocycles. The summed E-state index contributed by atoms with van der Waals surface area (Å²) in [6, 6.07) is 7.06. The molecular weight excluding hydrogens is 220 g/mol. The van der Waals surface area contributed by atoms with Crippen LogP contribution in [0.15, 0.2) is 24.3 Å². The Morgan fingerprint density at radius 3 is 2.41 bits per heavy atom. The van der Waals surface area contributed by atoms with Crippen LogP contribution in [0.25, 0.3) is 0 Å². The predicted molar refractivity (Wildman–Crippen MR) is 64.6 cm³/mol. The third kappa shape index (κ3) is 3.96. The number of nitrogens with one attached hydrogen (secondary N) is 1. The van der Waals surface area contributed by atoms with Crippen molar-refractivity contribution in [3.05, 3.63) is 24.3 Å². The van der Waals surface area contributed by atoms with E-state index in [1.54, 1.807) is 31.4 Å². The van der Waals surface area contributed by atoms with Gasteiger partial charge >= 0.3 is 0 Å². The standard InChI is InChI=1S/C12H18N2O3/c1-3-4-11(12(15)14-13)17-10-7-5-9(16-2)6-8-10/h5-8,11H,3-4,13H2,1-2H3,(H,14,15). The molecule has 1 atom stereocenters. The summed E-state index contributed by atoms with van der Waals surface area (Å²) in [7, 11) is 1.59. The first-order valence-corrected chi connectivity index (χ1v) is 5.52. The summed E-state index contributed by atoms with van der Waals surface area (Å²) in [6.07, 6.45) is 0.905. The van der Waals surface area contributed by atoms with Crippen LogP contribution < -0.4 is 20.7 Å². The minimum atomic E-state index is -0.557. The molecule has 1 aromatic rings. The molecule has 94 valence electrons. The Bertz CT molecular complexity index is 351. The number of hydrazine groups is 1. The van der Waals surface area contributed by atoms with E-state index < -0.39 is 6.10 Å². The van der Waals surface area contributed by atoms with Crippen LogP contribution in [-0.2, 0) is 4.79 Å². The number of methoxy groups -OCH3 is 1. The predicted octanol–water partition coefficient (Wildman–Crippen LogP) is 1.23. The van der Waals surface area contributed by atoms with Crippen LogP contribution in [0.1, 0.15) is 19.8 Å². The number of benzene rings is 1. The zero-order chi connectivity index (χ0) is 12.7. The Morgan fingerprint density at radius 1 is 1.35 bits per heavy atom. The molecule has 0 spiro atoms. The minimum Gasteiger partial charge on any atom is -0.497 e. The fraction of sp³-hybridized carbons (Fsp3) is 0.417. The lowest BCUT2D eigenvalue weighted by molar-refractivity contribution is -0.128. The van der Waals surface area contributed by atoms with Gasteiger partial charge in [0.05, 0.1) is 7.11 Å². The lowest BCUT2D eigenvalue weighted by atomic mass is 10.2. The maximum absolute atomic E-state index is 11.4. The van der Waals surface area contributed by atoms with Crippen LogP contribution in [-0.4, -0.2) is 19.1 Å². The van der Waals surface area contributed by atoms with E-state index in [-0.39, 0.29) is 5.91 Å². The second-order valence-electron chi connectivity index (χ2n) is 3.58. The molecule has 0 fully saturated rings. The molecule has 0 radical (unpaired) electrons. The molecule has 1 rings (SSSR count). The van der Waals surface area contributed by atoms with Gasteiger partial charge in [0.2, 0.25) is 0 Å². The smallest absolute Gasteiger partial charge is 0.274 e. The SMILES string of the molecule is CCCC(Oc1ccc(OC)cc1)C(=O)NN. The number of rotatable bonds is 6. The number of nitrogens with two attached hydrogens (primary N) is 1. The van der Waals surface area contributed by atoms with Gasteiger partial charge in [-0.05, 0) is 30.7 Å². The fourth-order valence-corrected chi connectivity index (χ4v) is 1.42. The average Bonchev–Trinajstić information content (AvgIpc) is 2.38. The molecule has 5 heteroatoms. The lowest BCUT2D eigenvalue weighted by Gasteiger charge is -2.16. The van der Waals surface area contributed by atoms with Gasteiger partial charge in [-0.1, -0.05) is 13.3 Å². The Kier molecular flexibility index (Phi) is 5.29. The molecule has 1 aromatic carbocycles. The van der Waals surface area contributed by atoms with Crippen LogP contribution in [0.4, 0.5) is 0 Å². The number of carbonyl (C=O) groups is 1. The monoisotopic (exact) mass is 238 g/mol. The third-order valence-corrected chi connectivity index (χ3v) is 2.32. The van der Waals surface area contributed by atoms with Gasteiger partial charge in [0.25, 0.3) is 5.91 Å². The molecule has 0 aromatic heterocycles. The average molecular weight is 238 g/mol. The summed E-state index contributed by atoms with van der Waals surface area (Å²) >= 11 is 0. The molecule has 0 aliphatic carbocycles. The highest BCUT2D eigenvalue weighted by Crippen LogP contribution is 2.19. The molecule has 0 aliphatic heterocycles. The molecule has 3 N–H and O–H groups in total. The summed E-state index contributed by atoms with van der Waals surface area (Å²) in [6.45, 7) is 1.98. The normalized spacial score (nSPS) is 11.7. The maximum atomic E-state index is 11.4. The Labute approximate surface area is 101 Å². The highest BCUT2D eigenvalue weighted by Gasteiger charge is 2.18. The van der Waals surface area contributed by atoms with Gasteiger partial charge in [0, 0.05) is 0 Å². The van der Waals surface area contributed by atoms with Gasteiger partial charge < -0.3 is 9.47 Å². The molecule has 1 unspecified atom stereocenters. The van der Waals surface area contributed by atoms with Gasteiger partial charge in [-0.3, -0.25) is 10.2 Å². The van der Waals surface area contributed by atoms with Crippen molar-refractivity contribution in [2.75, 3.05) is 7.11 Å². The minimum absolute atomic E-state index is 0.317. The number of hydrogen-bond acceptors (Lipinski definition) is 4. The van der Waals surface area contributed by atoms with Gasteiger partial charge in [-0.15, -0.1) is 0 Å². The number of hydrogen-bond donors (Lipinski definition) is 2. The highest BCUT2D eigenvalue weighted by atomic mass is 16.5. The zero-order valence-electron chi connectivity index (χ0n) is 10.1. The van der Waals surface area contributed by atoms with Gasteiger partial charge in [-0.25, -0.2) is 5.84 Å².